The van der Waals surface area contributed by atoms with Gasteiger partial charge in [-0.1, -0.05) is 0 Å². The smallest absolute Gasteiger partial charge is 0.398 e. The average molecular weight is 299 g/mol. The molecule has 7 heteroatoms. The molecule has 0 saturated carbocycles. The molecule has 0 spiro atoms. The van der Waals surface area contributed by atoms with E-state index in [1.807, 2.05) is 0 Å². The molecule has 1 aromatic heterocycles. The lowest BCUT2D eigenvalue weighted by molar-refractivity contribution is -0.137. The summed E-state index contributed by atoms with van der Waals surface area (Å²) in [4.78, 5) is 0. The molecule has 1 unspecified atom stereocenters. The normalized spacial score (nSPS) is 13.4. The Bertz CT molecular complexity index is 622. The Hall–Kier alpha value is -2.02. The van der Waals surface area contributed by atoms with Crippen LogP contribution in [0.2, 0.25) is 0 Å². The van der Waals surface area contributed by atoms with Crippen molar-refractivity contribution in [3.63, 3.8) is 0 Å². The maximum Gasteiger partial charge on any atom is 0.416 e. The molecule has 2 rings (SSSR count). The van der Waals surface area contributed by atoms with Gasteiger partial charge < -0.3 is 10.8 Å². The Balaban J connectivity index is 2.12. The Morgan fingerprint density at radius 1 is 1.38 bits per heavy atom. The third-order valence-corrected chi connectivity index (χ3v) is 3.24. The number of alkyl halides is 3. The number of nitrogens with zero attached hydrogens (tertiary/aromatic N) is 2. The molecular weight excluding hydrogens is 283 g/mol. The average Bonchev–Trinajstić information content (AvgIpc) is 2.81. The van der Waals surface area contributed by atoms with Gasteiger partial charge in [-0.05, 0) is 36.6 Å². The van der Waals surface area contributed by atoms with E-state index >= 15 is 0 Å². The quantitative estimate of drug-likeness (QED) is 0.853. The molecule has 3 N–H and O–H groups in total. The van der Waals surface area contributed by atoms with Crippen molar-refractivity contribution in [1.29, 1.82) is 0 Å². The van der Waals surface area contributed by atoms with Crippen molar-refractivity contribution in [2.75, 3.05) is 5.73 Å². The first-order valence-electron chi connectivity index (χ1n) is 6.39. The van der Waals surface area contributed by atoms with Crippen LogP contribution < -0.4 is 5.73 Å². The van der Waals surface area contributed by atoms with Crippen molar-refractivity contribution in [1.82, 2.24) is 9.78 Å². The van der Waals surface area contributed by atoms with Crippen LogP contribution in [0.15, 0.2) is 30.6 Å². The maximum atomic E-state index is 12.7. The van der Waals surface area contributed by atoms with E-state index in [2.05, 4.69) is 5.10 Å². The number of aromatic nitrogens is 2. The van der Waals surface area contributed by atoms with Crippen molar-refractivity contribution >= 4 is 5.69 Å². The highest BCUT2D eigenvalue weighted by molar-refractivity contribution is 5.50. The van der Waals surface area contributed by atoms with E-state index in [1.54, 1.807) is 24.1 Å². The van der Waals surface area contributed by atoms with Gasteiger partial charge in [0.15, 0.2) is 0 Å². The van der Waals surface area contributed by atoms with Crippen molar-refractivity contribution in [3.8, 4) is 0 Å². The zero-order valence-electron chi connectivity index (χ0n) is 11.4. The molecule has 21 heavy (non-hydrogen) atoms. The van der Waals surface area contributed by atoms with E-state index in [9.17, 15) is 18.3 Å². The third kappa shape index (κ3) is 3.75. The molecule has 0 amide bonds. The molecule has 1 aromatic carbocycles. The lowest BCUT2D eigenvalue weighted by Gasteiger charge is -2.15. The minimum absolute atomic E-state index is 0.105. The number of aliphatic hydroxyl groups is 1. The summed E-state index contributed by atoms with van der Waals surface area (Å²) in [5.41, 5.74) is 6.01. The number of hydrogen-bond donors (Lipinski definition) is 2. The van der Waals surface area contributed by atoms with Crippen LogP contribution >= 0.6 is 0 Å². The van der Waals surface area contributed by atoms with Crippen LogP contribution in [-0.4, -0.2) is 14.9 Å². The van der Waals surface area contributed by atoms with Crippen LogP contribution in [-0.2, 0) is 19.6 Å². The van der Waals surface area contributed by atoms with E-state index in [0.717, 1.165) is 17.7 Å². The third-order valence-electron chi connectivity index (χ3n) is 3.24. The largest absolute Gasteiger partial charge is 0.416 e. The summed E-state index contributed by atoms with van der Waals surface area (Å²) in [6.45, 7) is 0. The van der Waals surface area contributed by atoms with Crippen LogP contribution in [0.25, 0.3) is 0 Å². The van der Waals surface area contributed by atoms with Gasteiger partial charge in [-0.15, -0.1) is 0 Å². The highest BCUT2D eigenvalue weighted by atomic mass is 19.4. The summed E-state index contributed by atoms with van der Waals surface area (Å²) in [7, 11) is 1.77. The summed E-state index contributed by atoms with van der Waals surface area (Å²) in [5.74, 6) is 0. The van der Waals surface area contributed by atoms with Crippen molar-refractivity contribution in [3.05, 3.63) is 47.3 Å². The number of nitrogen functional groups attached to an aromatic ring is 1. The summed E-state index contributed by atoms with van der Waals surface area (Å²) in [6.07, 6.45) is -1.27. The Morgan fingerprint density at radius 2 is 2.10 bits per heavy atom. The van der Waals surface area contributed by atoms with Crippen LogP contribution in [0.5, 0.6) is 0 Å². The molecule has 4 nitrogen and oxygen atoms in total. The molecule has 0 aliphatic carbocycles. The van der Waals surface area contributed by atoms with Crippen molar-refractivity contribution in [2.24, 2.45) is 7.05 Å². The van der Waals surface area contributed by atoms with Crippen molar-refractivity contribution in [2.45, 2.75) is 25.1 Å². The number of halogens is 3. The molecule has 0 aliphatic rings. The second kappa shape index (κ2) is 5.77. The van der Waals surface area contributed by atoms with Crippen LogP contribution in [0.4, 0.5) is 18.9 Å². The molecule has 1 heterocycles. The highest BCUT2D eigenvalue weighted by Crippen LogP contribution is 2.34. The molecule has 0 radical (unpaired) electrons. The molecule has 0 saturated heterocycles. The van der Waals surface area contributed by atoms with Gasteiger partial charge in [0.1, 0.15) is 0 Å². The summed E-state index contributed by atoms with van der Waals surface area (Å²) in [6, 6.07) is 2.99. The fourth-order valence-electron chi connectivity index (χ4n) is 2.10. The number of benzene rings is 1. The van der Waals surface area contributed by atoms with E-state index in [1.165, 1.54) is 6.07 Å². The number of nitrogens with two attached hydrogens (primary N) is 1. The molecule has 2 aromatic rings. The fraction of sp³-hybridized carbons (Fsp3) is 0.357. The van der Waals surface area contributed by atoms with Gasteiger partial charge in [0, 0.05) is 24.5 Å². The molecule has 0 fully saturated rings. The number of anilines is 1. The summed E-state index contributed by atoms with van der Waals surface area (Å²) < 4.78 is 39.7. The van der Waals surface area contributed by atoms with Gasteiger partial charge >= 0.3 is 6.18 Å². The lowest BCUT2D eigenvalue weighted by atomic mass is 9.99. The molecule has 0 bridgehead atoms. The van der Waals surface area contributed by atoms with Crippen LogP contribution in [0.1, 0.15) is 29.2 Å². The first-order chi connectivity index (χ1) is 9.77. The van der Waals surface area contributed by atoms with Gasteiger partial charge in [0.2, 0.25) is 0 Å². The van der Waals surface area contributed by atoms with Gasteiger partial charge in [-0.3, -0.25) is 4.68 Å². The molecular formula is C14H16F3N3O. The minimum atomic E-state index is -4.45. The maximum absolute atomic E-state index is 12.7. The predicted octanol–water partition coefficient (Wildman–Crippen LogP) is 2.69. The van der Waals surface area contributed by atoms with Gasteiger partial charge in [-0.2, -0.15) is 18.3 Å². The minimum Gasteiger partial charge on any atom is -0.398 e. The van der Waals surface area contributed by atoms with E-state index in [0.29, 0.717) is 6.42 Å². The summed E-state index contributed by atoms with van der Waals surface area (Å²) in [5, 5.41) is 14.1. The topological polar surface area (TPSA) is 64.1 Å². The Labute approximate surface area is 120 Å². The van der Waals surface area contributed by atoms with E-state index in [4.69, 9.17) is 5.73 Å². The van der Waals surface area contributed by atoms with Gasteiger partial charge in [0.25, 0.3) is 0 Å². The zero-order valence-corrected chi connectivity index (χ0v) is 11.4. The van der Waals surface area contributed by atoms with Crippen LogP contribution in [0.3, 0.4) is 0 Å². The number of aryl methyl sites for hydroxylation is 2. The monoisotopic (exact) mass is 299 g/mol. The number of rotatable bonds is 4. The van der Waals surface area contributed by atoms with Crippen LogP contribution in [0, 0.1) is 0 Å². The number of aliphatic hydroxyl groups excluding tert-OH is 1. The first kappa shape index (κ1) is 15.4. The Morgan fingerprint density at radius 3 is 2.67 bits per heavy atom. The Kier molecular flexibility index (Phi) is 4.22. The molecule has 0 aliphatic heterocycles. The number of hydrogen-bond acceptors (Lipinski definition) is 3. The first-order valence-corrected chi connectivity index (χ1v) is 6.39. The zero-order chi connectivity index (χ0) is 15.6. The molecule has 114 valence electrons. The van der Waals surface area contributed by atoms with E-state index < -0.39 is 17.8 Å². The SMILES string of the molecule is Cn1cc(CCC(O)c2cc(C(F)(F)F)ccc2N)cn1. The van der Waals surface area contributed by atoms with Crippen molar-refractivity contribution < 1.29 is 18.3 Å². The predicted molar refractivity (Wildman–Crippen MR) is 72.3 cm³/mol. The fourth-order valence-corrected chi connectivity index (χ4v) is 2.10. The standard InChI is InChI=1S/C14H16F3N3O/c1-20-8-9(7-19-20)2-5-13(21)11-6-10(14(15,16)17)3-4-12(11)18/h3-4,6-8,13,21H,2,5,18H2,1H3. The van der Waals surface area contributed by atoms with Gasteiger partial charge in [-0.25, -0.2) is 0 Å². The van der Waals surface area contributed by atoms with E-state index in [-0.39, 0.29) is 17.7 Å². The second-order valence-corrected chi connectivity index (χ2v) is 4.92. The second-order valence-electron chi connectivity index (χ2n) is 4.92. The highest BCUT2D eigenvalue weighted by Gasteiger charge is 2.31. The summed E-state index contributed by atoms with van der Waals surface area (Å²) >= 11 is 0. The van der Waals surface area contributed by atoms with Gasteiger partial charge in [0.05, 0.1) is 17.9 Å². The molecule has 1 atom stereocenters. The lowest BCUT2D eigenvalue weighted by Crippen LogP contribution is -2.09.